The maximum Gasteiger partial charge on any atom is 0.206 e. The van der Waals surface area contributed by atoms with Crippen molar-refractivity contribution in [3.8, 4) is 0 Å². The Hall–Kier alpha value is 0.420. The van der Waals surface area contributed by atoms with Crippen LogP contribution in [0, 0.1) is 5.92 Å². The summed E-state index contributed by atoms with van der Waals surface area (Å²) in [4.78, 5) is 0. The summed E-state index contributed by atoms with van der Waals surface area (Å²) in [7, 11) is 0. The van der Waals surface area contributed by atoms with Gasteiger partial charge in [0, 0.05) is 12.5 Å². The second-order valence-electron chi connectivity index (χ2n) is 2.90. The van der Waals surface area contributed by atoms with Crippen molar-refractivity contribution in [3.05, 3.63) is 3.92 Å². The monoisotopic (exact) mass is 301 g/mol. The number of halogens is 3. The first-order valence-electron chi connectivity index (χ1n) is 3.68. The van der Waals surface area contributed by atoms with E-state index in [2.05, 4.69) is 31.4 Å². The summed E-state index contributed by atoms with van der Waals surface area (Å²) >= 11 is 16.4. The molecule has 0 aromatic carbocycles. The van der Waals surface area contributed by atoms with Crippen LogP contribution in [0.4, 0.5) is 5.13 Å². The van der Waals surface area contributed by atoms with Gasteiger partial charge in [-0.3, -0.25) is 0 Å². The van der Waals surface area contributed by atoms with Gasteiger partial charge in [0.2, 0.25) is 5.13 Å². The van der Waals surface area contributed by atoms with Crippen LogP contribution in [0.5, 0.6) is 0 Å². The van der Waals surface area contributed by atoms with E-state index < -0.39 is 4.33 Å². The first-order valence-corrected chi connectivity index (χ1v) is 6.05. The molecule has 72 valence electrons. The van der Waals surface area contributed by atoms with Gasteiger partial charge in [-0.25, -0.2) is 0 Å². The minimum Gasteiger partial charge on any atom is -0.360 e. The van der Waals surface area contributed by atoms with Gasteiger partial charge in [-0.2, -0.15) is 0 Å². The van der Waals surface area contributed by atoms with E-state index in [9.17, 15) is 0 Å². The Morgan fingerprint density at radius 1 is 1.62 bits per heavy atom. The molecule has 1 saturated carbocycles. The van der Waals surface area contributed by atoms with Gasteiger partial charge in [-0.15, -0.1) is 33.4 Å². The largest absolute Gasteiger partial charge is 0.360 e. The van der Waals surface area contributed by atoms with Gasteiger partial charge in [0.05, 0.1) is 0 Å². The SMILES string of the molecule is ClC1(Cl)CC1CNc1nnc(Br)s1. The molecule has 1 atom stereocenters. The van der Waals surface area contributed by atoms with E-state index in [0.717, 1.165) is 22.0 Å². The smallest absolute Gasteiger partial charge is 0.206 e. The van der Waals surface area contributed by atoms with Gasteiger partial charge in [0.15, 0.2) is 3.92 Å². The summed E-state index contributed by atoms with van der Waals surface area (Å²) in [5.74, 6) is 0.332. The van der Waals surface area contributed by atoms with Crippen molar-refractivity contribution < 1.29 is 0 Å². The summed E-state index contributed by atoms with van der Waals surface area (Å²) in [5.41, 5.74) is 0. The predicted octanol–water partition coefficient (Wildman–Crippen LogP) is 2.91. The predicted molar refractivity (Wildman–Crippen MR) is 58.6 cm³/mol. The first kappa shape index (κ1) is 9.96. The second kappa shape index (κ2) is 3.53. The third-order valence-electron chi connectivity index (χ3n) is 1.86. The first-order chi connectivity index (χ1) is 6.08. The highest BCUT2D eigenvalue weighted by atomic mass is 79.9. The number of rotatable bonds is 3. The quantitative estimate of drug-likeness (QED) is 0.873. The van der Waals surface area contributed by atoms with E-state index in [0.29, 0.717) is 5.92 Å². The van der Waals surface area contributed by atoms with Crippen molar-refractivity contribution in [2.45, 2.75) is 10.8 Å². The van der Waals surface area contributed by atoms with Gasteiger partial charge >= 0.3 is 0 Å². The molecule has 7 heteroatoms. The maximum atomic E-state index is 5.86. The van der Waals surface area contributed by atoms with Crippen molar-refractivity contribution >= 4 is 55.6 Å². The molecule has 3 nitrogen and oxygen atoms in total. The van der Waals surface area contributed by atoms with E-state index >= 15 is 0 Å². The molecule has 0 saturated heterocycles. The lowest BCUT2D eigenvalue weighted by molar-refractivity contribution is 0.868. The molecule has 1 fully saturated rings. The van der Waals surface area contributed by atoms with Gasteiger partial charge in [-0.05, 0) is 22.4 Å². The van der Waals surface area contributed by atoms with E-state index in [4.69, 9.17) is 23.2 Å². The van der Waals surface area contributed by atoms with Crippen LogP contribution in [-0.4, -0.2) is 21.1 Å². The fourth-order valence-electron chi connectivity index (χ4n) is 0.978. The van der Waals surface area contributed by atoms with Crippen LogP contribution < -0.4 is 5.32 Å². The molecule has 1 N–H and O–H groups in total. The van der Waals surface area contributed by atoms with Crippen LogP contribution >= 0.6 is 50.5 Å². The average molecular weight is 303 g/mol. The van der Waals surface area contributed by atoms with Gasteiger partial charge in [0.25, 0.3) is 0 Å². The minimum atomic E-state index is -0.519. The lowest BCUT2D eigenvalue weighted by Crippen LogP contribution is -2.07. The third-order valence-corrected chi connectivity index (χ3v) is 4.10. The summed E-state index contributed by atoms with van der Waals surface area (Å²) in [5, 5.41) is 11.6. The Kier molecular flexibility index (Phi) is 2.70. The molecule has 1 unspecified atom stereocenters. The summed E-state index contributed by atoms with van der Waals surface area (Å²) in [6.45, 7) is 0.759. The van der Waals surface area contributed by atoms with E-state index in [1.54, 1.807) is 0 Å². The van der Waals surface area contributed by atoms with Gasteiger partial charge < -0.3 is 5.32 Å². The highest BCUT2D eigenvalue weighted by Crippen LogP contribution is 2.52. The zero-order chi connectivity index (χ0) is 9.47. The zero-order valence-electron chi connectivity index (χ0n) is 6.43. The van der Waals surface area contributed by atoms with Crippen LogP contribution in [0.25, 0.3) is 0 Å². The molecular weight excluding hydrogens is 297 g/mol. The normalized spacial score (nSPS) is 24.4. The second-order valence-corrected chi connectivity index (χ2v) is 6.70. The molecular formula is C6H6BrCl2N3S. The van der Waals surface area contributed by atoms with Crippen LogP contribution in [0.2, 0.25) is 0 Å². The Labute approximate surface area is 98.0 Å². The topological polar surface area (TPSA) is 37.8 Å². The Bertz CT molecular complexity index is 317. The van der Waals surface area contributed by atoms with Gasteiger partial charge in [-0.1, -0.05) is 11.3 Å². The number of hydrogen-bond acceptors (Lipinski definition) is 4. The van der Waals surface area contributed by atoms with Crippen LogP contribution in [0.1, 0.15) is 6.42 Å². The van der Waals surface area contributed by atoms with Crippen molar-refractivity contribution in [2.24, 2.45) is 5.92 Å². The summed E-state index contributed by atoms with van der Waals surface area (Å²) in [6.07, 6.45) is 0.850. The Morgan fingerprint density at radius 2 is 2.31 bits per heavy atom. The van der Waals surface area contributed by atoms with Crippen molar-refractivity contribution in [3.63, 3.8) is 0 Å². The summed E-state index contributed by atoms with van der Waals surface area (Å²) in [6, 6.07) is 0. The number of aromatic nitrogens is 2. The van der Waals surface area contributed by atoms with E-state index in [1.807, 2.05) is 0 Å². The molecule has 0 radical (unpaired) electrons. The molecule has 0 spiro atoms. The highest BCUT2D eigenvalue weighted by Gasteiger charge is 2.51. The molecule has 2 rings (SSSR count). The highest BCUT2D eigenvalue weighted by molar-refractivity contribution is 9.11. The average Bonchev–Trinajstić information content (AvgIpc) is 2.45. The fraction of sp³-hybridized carbons (Fsp3) is 0.667. The van der Waals surface area contributed by atoms with Crippen LogP contribution in [0.15, 0.2) is 3.92 Å². The molecule has 1 heterocycles. The molecule has 13 heavy (non-hydrogen) atoms. The third kappa shape index (κ3) is 2.46. The number of nitrogens with one attached hydrogen (secondary N) is 1. The van der Waals surface area contributed by atoms with Crippen molar-refractivity contribution in [1.82, 2.24) is 10.2 Å². The lowest BCUT2D eigenvalue weighted by Gasteiger charge is -2.00. The number of hydrogen-bond donors (Lipinski definition) is 1. The molecule has 1 aromatic heterocycles. The molecule has 1 aliphatic rings. The number of anilines is 1. The zero-order valence-corrected chi connectivity index (χ0v) is 10.3. The molecule has 0 aliphatic heterocycles. The van der Waals surface area contributed by atoms with Crippen molar-refractivity contribution in [2.75, 3.05) is 11.9 Å². The Balaban J connectivity index is 1.81. The molecule has 0 bridgehead atoms. The fourth-order valence-corrected chi connectivity index (χ4v) is 2.52. The molecule has 1 aliphatic carbocycles. The van der Waals surface area contributed by atoms with Crippen LogP contribution in [0.3, 0.4) is 0 Å². The van der Waals surface area contributed by atoms with Gasteiger partial charge in [0.1, 0.15) is 4.33 Å². The van der Waals surface area contributed by atoms with Crippen molar-refractivity contribution in [1.29, 1.82) is 0 Å². The number of nitrogens with zero attached hydrogens (tertiary/aromatic N) is 2. The van der Waals surface area contributed by atoms with E-state index in [-0.39, 0.29) is 0 Å². The molecule has 0 amide bonds. The maximum absolute atomic E-state index is 5.86. The number of alkyl halides is 2. The lowest BCUT2D eigenvalue weighted by atomic mass is 10.4. The van der Waals surface area contributed by atoms with E-state index in [1.165, 1.54) is 11.3 Å². The molecule has 1 aromatic rings. The minimum absolute atomic E-state index is 0.332. The van der Waals surface area contributed by atoms with Crippen LogP contribution in [-0.2, 0) is 0 Å². The Morgan fingerprint density at radius 3 is 2.77 bits per heavy atom. The standard InChI is InChI=1S/C6H6BrCl2N3S/c7-4-11-12-5(13-4)10-2-3-1-6(3,8)9/h3H,1-2H2,(H,10,12). The summed E-state index contributed by atoms with van der Waals surface area (Å²) < 4.78 is 0.253.